The van der Waals surface area contributed by atoms with E-state index in [0.29, 0.717) is 28.4 Å². The fraction of sp³-hybridized carbons (Fsp3) is 0.381. The second kappa shape index (κ2) is 10.5. The molecular formula is C21H23ClN2O7S2. The lowest BCUT2D eigenvalue weighted by atomic mass is 10.0. The molecule has 0 aliphatic carbocycles. The van der Waals surface area contributed by atoms with Crippen molar-refractivity contribution < 1.29 is 32.3 Å². The van der Waals surface area contributed by atoms with E-state index >= 15 is 0 Å². The van der Waals surface area contributed by atoms with E-state index in [1.54, 1.807) is 13.8 Å². The van der Waals surface area contributed by atoms with E-state index in [1.807, 2.05) is 0 Å². The molecule has 0 radical (unpaired) electrons. The fourth-order valence-corrected chi connectivity index (χ4v) is 5.87. The summed E-state index contributed by atoms with van der Waals surface area (Å²) in [4.78, 5) is 39.5. The zero-order valence-electron chi connectivity index (χ0n) is 18.1. The van der Waals surface area contributed by atoms with Crippen molar-refractivity contribution >= 4 is 55.7 Å². The van der Waals surface area contributed by atoms with Crippen LogP contribution in [0.3, 0.4) is 0 Å². The topological polar surface area (TPSA) is 119 Å². The maximum atomic E-state index is 12.6. The van der Waals surface area contributed by atoms with Gasteiger partial charge >= 0.3 is 12.1 Å². The number of sulfone groups is 1. The molecule has 0 saturated carbocycles. The molecule has 0 atom stereocenters. The maximum absolute atomic E-state index is 12.6. The molecule has 1 aliphatic rings. The Hall–Kier alpha value is -2.63. The summed E-state index contributed by atoms with van der Waals surface area (Å²) >= 11 is 6.91. The van der Waals surface area contributed by atoms with E-state index in [-0.39, 0.29) is 35.2 Å². The quantitative estimate of drug-likeness (QED) is 0.561. The van der Waals surface area contributed by atoms with Gasteiger partial charge in [-0.25, -0.2) is 18.0 Å². The number of fused-ring (bicyclic) bond motifs is 1. The van der Waals surface area contributed by atoms with Gasteiger partial charge in [0.15, 0.2) is 9.84 Å². The number of benzene rings is 1. The Balaban J connectivity index is 1.84. The van der Waals surface area contributed by atoms with E-state index in [9.17, 15) is 22.8 Å². The van der Waals surface area contributed by atoms with Gasteiger partial charge in [0, 0.05) is 16.4 Å². The van der Waals surface area contributed by atoms with Crippen LogP contribution in [-0.2, 0) is 37.1 Å². The second-order valence-electron chi connectivity index (χ2n) is 7.06. The first-order valence-electron chi connectivity index (χ1n) is 10.2. The van der Waals surface area contributed by atoms with Gasteiger partial charge in [0.2, 0.25) is 5.91 Å². The maximum Gasteiger partial charge on any atom is 0.410 e. The Labute approximate surface area is 200 Å². The van der Waals surface area contributed by atoms with E-state index in [4.69, 9.17) is 21.1 Å². The van der Waals surface area contributed by atoms with Gasteiger partial charge in [0.25, 0.3) is 0 Å². The molecule has 0 bridgehead atoms. The van der Waals surface area contributed by atoms with Crippen molar-refractivity contribution in [2.24, 2.45) is 0 Å². The number of carbonyl (C=O) groups excluding carboxylic acids is 3. The number of rotatable bonds is 7. The summed E-state index contributed by atoms with van der Waals surface area (Å²) < 4.78 is 35.4. The van der Waals surface area contributed by atoms with Crippen LogP contribution in [0.15, 0.2) is 29.2 Å². The first kappa shape index (κ1) is 25.0. The molecule has 12 heteroatoms. The molecule has 2 aromatic rings. The Kier molecular flexibility index (Phi) is 7.98. The third-order valence-electron chi connectivity index (χ3n) is 4.81. The van der Waals surface area contributed by atoms with Crippen molar-refractivity contribution in [3.8, 4) is 0 Å². The first-order chi connectivity index (χ1) is 15.7. The van der Waals surface area contributed by atoms with Gasteiger partial charge in [-0.05, 0) is 50.1 Å². The standard InChI is InChI=1S/C21H23ClN2O7S2/c1-3-30-20(26)18-15-9-10-24(21(27)31-4-2)11-16(15)32-19(18)23-17(25)12-33(28,29)14-7-5-13(22)6-8-14/h5-8H,3-4,9-12H2,1-2H3,(H,23,25). The summed E-state index contributed by atoms with van der Waals surface area (Å²) in [5.74, 6) is -2.22. The molecule has 0 spiro atoms. The van der Waals surface area contributed by atoms with Crippen LogP contribution in [0.4, 0.5) is 9.80 Å². The zero-order chi connectivity index (χ0) is 24.2. The predicted octanol–water partition coefficient (Wildman–Crippen LogP) is 3.51. The molecule has 178 valence electrons. The molecule has 9 nitrogen and oxygen atoms in total. The third kappa shape index (κ3) is 5.84. The highest BCUT2D eigenvalue weighted by Gasteiger charge is 2.32. The number of anilines is 1. The van der Waals surface area contributed by atoms with Gasteiger partial charge < -0.3 is 19.7 Å². The largest absolute Gasteiger partial charge is 0.462 e. The monoisotopic (exact) mass is 514 g/mol. The lowest BCUT2D eigenvalue weighted by Crippen LogP contribution is -2.36. The number of esters is 1. The van der Waals surface area contributed by atoms with Crippen LogP contribution in [-0.4, -0.2) is 56.8 Å². The highest BCUT2D eigenvalue weighted by molar-refractivity contribution is 7.92. The van der Waals surface area contributed by atoms with Crippen LogP contribution in [0.2, 0.25) is 5.02 Å². The summed E-state index contributed by atoms with van der Waals surface area (Å²) in [6.07, 6.45) is -0.0912. The van der Waals surface area contributed by atoms with E-state index in [2.05, 4.69) is 5.32 Å². The minimum Gasteiger partial charge on any atom is -0.462 e. The van der Waals surface area contributed by atoms with Crippen molar-refractivity contribution in [2.45, 2.75) is 31.7 Å². The smallest absolute Gasteiger partial charge is 0.410 e. The minimum atomic E-state index is -3.92. The number of carbonyl (C=O) groups is 3. The van der Waals surface area contributed by atoms with Crippen molar-refractivity contribution in [3.63, 3.8) is 0 Å². The highest BCUT2D eigenvalue weighted by atomic mass is 35.5. The molecule has 0 saturated heterocycles. The number of nitrogens with zero attached hydrogens (tertiary/aromatic N) is 1. The Morgan fingerprint density at radius 3 is 2.42 bits per heavy atom. The van der Waals surface area contributed by atoms with Crippen molar-refractivity contribution in [2.75, 3.05) is 30.8 Å². The molecule has 2 heterocycles. The Bertz CT molecular complexity index is 1160. The van der Waals surface area contributed by atoms with Crippen LogP contribution in [0.5, 0.6) is 0 Å². The molecule has 3 rings (SSSR count). The van der Waals surface area contributed by atoms with E-state index in [0.717, 1.165) is 11.3 Å². The molecule has 1 N–H and O–H groups in total. The Morgan fingerprint density at radius 1 is 1.12 bits per heavy atom. The fourth-order valence-electron chi connectivity index (χ4n) is 3.34. The first-order valence-corrected chi connectivity index (χ1v) is 13.0. The van der Waals surface area contributed by atoms with Gasteiger partial charge in [-0.3, -0.25) is 4.79 Å². The van der Waals surface area contributed by atoms with Gasteiger partial charge in [-0.2, -0.15) is 0 Å². The lowest BCUT2D eigenvalue weighted by Gasteiger charge is -2.26. The predicted molar refractivity (Wildman–Crippen MR) is 124 cm³/mol. The molecule has 1 aromatic carbocycles. The zero-order valence-corrected chi connectivity index (χ0v) is 20.4. The number of nitrogens with one attached hydrogen (secondary N) is 1. The summed E-state index contributed by atoms with van der Waals surface area (Å²) in [6, 6.07) is 5.49. The second-order valence-corrected chi connectivity index (χ2v) is 10.6. The molecule has 1 aromatic heterocycles. The third-order valence-corrected chi connectivity index (χ3v) is 7.83. The lowest BCUT2D eigenvalue weighted by molar-refractivity contribution is -0.113. The number of hydrogen-bond acceptors (Lipinski definition) is 8. The number of halogens is 1. The van der Waals surface area contributed by atoms with Gasteiger partial charge in [0.1, 0.15) is 10.8 Å². The Morgan fingerprint density at radius 2 is 1.79 bits per heavy atom. The summed E-state index contributed by atoms with van der Waals surface area (Å²) in [6.45, 7) is 4.30. The van der Waals surface area contributed by atoms with Crippen LogP contribution >= 0.6 is 22.9 Å². The van der Waals surface area contributed by atoms with E-state index < -0.39 is 33.6 Å². The number of amides is 2. The summed E-state index contributed by atoms with van der Waals surface area (Å²) in [7, 11) is -3.92. The van der Waals surface area contributed by atoms with Crippen molar-refractivity contribution in [1.82, 2.24) is 4.90 Å². The number of ether oxygens (including phenoxy) is 2. The van der Waals surface area contributed by atoms with Gasteiger partial charge in [-0.1, -0.05) is 11.6 Å². The summed E-state index contributed by atoms with van der Waals surface area (Å²) in [5.41, 5.74) is 0.868. The van der Waals surface area contributed by atoms with Gasteiger partial charge in [-0.15, -0.1) is 11.3 Å². The number of hydrogen-bond donors (Lipinski definition) is 1. The van der Waals surface area contributed by atoms with Crippen molar-refractivity contribution in [3.05, 3.63) is 45.3 Å². The van der Waals surface area contributed by atoms with Crippen LogP contribution in [0, 0.1) is 0 Å². The van der Waals surface area contributed by atoms with Crippen molar-refractivity contribution in [1.29, 1.82) is 0 Å². The summed E-state index contributed by atoms with van der Waals surface area (Å²) in [5, 5.41) is 3.12. The van der Waals surface area contributed by atoms with Crippen LogP contribution < -0.4 is 5.32 Å². The average Bonchev–Trinajstić information content (AvgIpc) is 3.10. The molecule has 33 heavy (non-hydrogen) atoms. The van der Waals surface area contributed by atoms with Gasteiger partial charge in [0.05, 0.1) is 30.2 Å². The molecular weight excluding hydrogens is 492 g/mol. The normalized spacial score (nSPS) is 13.2. The van der Waals surface area contributed by atoms with Crippen LogP contribution in [0.1, 0.15) is 34.6 Å². The number of thiophene rings is 1. The highest BCUT2D eigenvalue weighted by Crippen LogP contribution is 2.38. The van der Waals surface area contributed by atoms with Crippen LogP contribution in [0.25, 0.3) is 0 Å². The average molecular weight is 515 g/mol. The SMILES string of the molecule is CCOC(=O)c1c(NC(=O)CS(=O)(=O)c2ccc(Cl)cc2)sc2c1CCN(C(=O)OCC)C2. The minimum absolute atomic E-state index is 0.0387. The van der Waals surface area contributed by atoms with E-state index in [1.165, 1.54) is 29.2 Å². The molecule has 1 aliphatic heterocycles. The molecule has 0 unspecified atom stereocenters. The molecule has 2 amide bonds. The molecule has 0 fully saturated rings.